The number of aryl methyl sites for hydroxylation is 1. The van der Waals surface area contributed by atoms with Crippen molar-refractivity contribution in [3.8, 4) is 0 Å². The molecule has 4 heteroatoms. The minimum Gasteiger partial charge on any atom is -0.359 e. The van der Waals surface area contributed by atoms with Crippen molar-refractivity contribution in [1.29, 1.82) is 0 Å². The van der Waals surface area contributed by atoms with E-state index in [9.17, 15) is 0 Å². The first-order valence-corrected chi connectivity index (χ1v) is 5.25. The quantitative estimate of drug-likeness (QED) is 0.719. The fraction of sp³-hybridized carbons (Fsp3) is 0.600. The van der Waals surface area contributed by atoms with E-state index < -0.39 is 0 Å². The molecule has 76 valence electrons. The number of hydrogen-bond donors (Lipinski definition) is 0. The Morgan fingerprint density at radius 3 is 2.79 bits per heavy atom. The van der Waals surface area contributed by atoms with Crippen LogP contribution in [-0.4, -0.2) is 23.6 Å². The van der Waals surface area contributed by atoms with Gasteiger partial charge in [-0.25, -0.2) is 9.97 Å². The van der Waals surface area contributed by atoms with E-state index in [0.717, 1.165) is 24.0 Å². The Bertz CT molecular complexity index is 316. The van der Waals surface area contributed by atoms with E-state index in [2.05, 4.69) is 21.9 Å². The van der Waals surface area contributed by atoms with Gasteiger partial charge in [0.2, 0.25) is 5.28 Å². The lowest BCUT2D eigenvalue weighted by Gasteiger charge is -2.17. The molecule has 14 heavy (non-hydrogen) atoms. The summed E-state index contributed by atoms with van der Waals surface area (Å²) in [5.74, 6) is 1.78. The Kier molecular flexibility index (Phi) is 2.59. The van der Waals surface area contributed by atoms with Crippen LogP contribution in [0, 0.1) is 12.8 Å². The highest BCUT2D eigenvalue weighted by Gasteiger charge is 2.23. The van der Waals surface area contributed by atoms with Gasteiger partial charge in [-0.1, -0.05) is 0 Å². The number of anilines is 1. The van der Waals surface area contributed by atoms with Gasteiger partial charge in [0.05, 0.1) is 0 Å². The maximum Gasteiger partial charge on any atom is 0.224 e. The molecular weight excluding hydrogens is 198 g/mol. The first kappa shape index (κ1) is 9.71. The van der Waals surface area contributed by atoms with Crippen molar-refractivity contribution < 1.29 is 0 Å². The third-order valence-corrected chi connectivity index (χ3v) is 2.60. The Morgan fingerprint density at radius 2 is 2.21 bits per heavy atom. The maximum atomic E-state index is 5.80. The van der Waals surface area contributed by atoms with Crippen molar-refractivity contribution >= 4 is 17.4 Å². The van der Waals surface area contributed by atoms with E-state index in [0.29, 0.717) is 5.28 Å². The molecule has 0 aliphatic heterocycles. The first-order chi connectivity index (χ1) is 6.65. The smallest absolute Gasteiger partial charge is 0.224 e. The predicted molar refractivity (Wildman–Crippen MR) is 57.8 cm³/mol. The van der Waals surface area contributed by atoms with Crippen molar-refractivity contribution in [2.24, 2.45) is 5.92 Å². The van der Waals surface area contributed by atoms with Crippen LogP contribution in [0.25, 0.3) is 0 Å². The van der Waals surface area contributed by atoms with Crippen LogP contribution in [0.2, 0.25) is 5.28 Å². The van der Waals surface area contributed by atoms with Crippen molar-refractivity contribution in [2.75, 3.05) is 18.5 Å². The molecule has 0 N–H and O–H groups in total. The lowest BCUT2D eigenvalue weighted by atomic mass is 10.3. The van der Waals surface area contributed by atoms with Gasteiger partial charge >= 0.3 is 0 Å². The highest BCUT2D eigenvalue weighted by Crippen LogP contribution is 2.30. The summed E-state index contributed by atoms with van der Waals surface area (Å²) in [7, 11) is 2.05. The average Bonchev–Trinajstić information content (AvgIpc) is 2.86. The predicted octanol–water partition coefficient (Wildman–Crippen LogP) is 2.28. The molecule has 1 aliphatic carbocycles. The van der Waals surface area contributed by atoms with Crippen molar-refractivity contribution in [1.82, 2.24) is 9.97 Å². The van der Waals surface area contributed by atoms with Gasteiger partial charge in [-0.2, -0.15) is 0 Å². The molecule has 0 radical (unpaired) electrons. The average molecular weight is 212 g/mol. The maximum absolute atomic E-state index is 5.80. The Hall–Kier alpha value is -0.830. The molecule has 1 aromatic heterocycles. The highest BCUT2D eigenvalue weighted by atomic mass is 35.5. The van der Waals surface area contributed by atoms with E-state index in [1.165, 1.54) is 12.8 Å². The zero-order valence-corrected chi connectivity index (χ0v) is 9.25. The molecule has 3 nitrogen and oxygen atoms in total. The largest absolute Gasteiger partial charge is 0.359 e. The number of rotatable bonds is 3. The second-order valence-corrected chi connectivity index (χ2v) is 4.30. The number of nitrogens with zero attached hydrogens (tertiary/aromatic N) is 3. The second-order valence-electron chi connectivity index (χ2n) is 3.96. The summed E-state index contributed by atoms with van der Waals surface area (Å²) in [6.07, 6.45) is 2.70. The Balaban J connectivity index is 2.12. The summed E-state index contributed by atoms with van der Waals surface area (Å²) in [6, 6.07) is 1.97. The molecule has 1 heterocycles. The van der Waals surface area contributed by atoms with Gasteiger partial charge < -0.3 is 4.90 Å². The zero-order chi connectivity index (χ0) is 10.1. The monoisotopic (exact) mass is 211 g/mol. The first-order valence-electron chi connectivity index (χ1n) is 4.87. The number of halogens is 1. The van der Waals surface area contributed by atoms with Gasteiger partial charge in [0.25, 0.3) is 0 Å². The third kappa shape index (κ3) is 2.35. The molecule has 0 amide bonds. The van der Waals surface area contributed by atoms with Crippen LogP contribution >= 0.6 is 11.6 Å². The van der Waals surface area contributed by atoms with Crippen molar-refractivity contribution in [3.05, 3.63) is 17.0 Å². The lowest BCUT2D eigenvalue weighted by molar-refractivity contribution is 0.774. The second kappa shape index (κ2) is 3.73. The van der Waals surface area contributed by atoms with Crippen molar-refractivity contribution in [2.45, 2.75) is 19.8 Å². The number of aromatic nitrogens is 2. The van der Waals surface area contributed by atoms with Gasteiger partial charge in [0.15, 0.2) is 0 Å². The SMILES string of the molecule is Cc1cc(N(C)CC2CC2)nc(Cl)n1. The Morgan fingerprint density at radius 1 is 1.50 bits per heavy atom. The molecule has 1 aromatic rings. The Labute approximate surface area is 89.1 Å². The van der Waals surface area contributed by atoms with Crippen LogP contribution in [0.15, 0.2) is 6.07 Å². The minimum atomic E-state index is 0.336. The molecule has 2 rings (SSSR count). The molecule has 0 bridgehead atoms. The topological polar surface area (TPSA) is 29.0 Å². The molecule has 0 atom stereocenters. The van der Waals surface area contributed by atoms with E-state index in [-0.39, 0.29) is 0 Å². The zero-order valence-electron chi connectivity index (χ0n) is 8.50. The lowest BCUT2D eigenvalue weighted by Crippen LogP contribution is -2.21. The van der Waals surface area contributed by atoms with Crippen LogP contribution < -0.4 is 4.90 Å². The van der Waals surface area contributed by atoms with Gasteiger partial charge in [0.1, 0.15) is 5.82 Å². The van der Waals surface area contributed by atoms with E-state index >= 15 is 0 Å². The summed E-state index contributed by atoms with van der Waals surface area (Å²) in [5, 5.41) is 0.336. The van der Waals surface area contributed by atoms with Crippen LogP contribution in [0.4, 0.5) is 5.82 Å². The minimum absolute atomic E-state index is 0.336. The number of hydrogen-bond acceptors (Lipinski definition) is 3. The molecule has 0 unspecified atom stereocenters. The van der Waals surface area contributed by atoms with Crippen LogP contribution in [0.5, 0.6) is 0 Å². The van der Waals surface area contributed by atoms with E-state index in [4.69, 9.17) is 11.6 Å². The van der Waals surface area contributed by atoms with Crippen molar-refractivity contribution in [3.63, 3.8) is 0 Å². The summed E-state index contributed by atoms with van der Waals surface area (Å²) < 4.78 is 0. The summed E-state index contributed by atoms with van der Waals surface area (Å²) in [4.78, 5) is 10.4. The molecule has 0 spiro atoms. The fourth-order valence-corrected chi connectivity index (χ4v) is 1.71. The normalized spacial score (nSPS) is 15.6. The van der Waals surface area contributed by atoms with Crippen LogP contribution in [-0.2, 0) is 0 Å². The summed E-state index contributed by atoms with van der Waals surface area (Å²) >= 11 is 5.80. The van der Waals surface area contributed by atoms with E-state index in [1.54, 1.807) is 0 Å². The molecule has 0 saturated heterocycles. The fourth-order valence-electron chi connectivity index (χ4n) is 1.49. The van der Waals surface area contributed by atoms with E-state index in [1.807, 2.05) is 13.0 Å². The summed E-state index contributed by atoms with van der Waals surface area (Å²) in [5.41, 5.74) is 0.919. The highest BCUT2D eigenvalue weighted by molar-refractivity contribution is 6.28. The molecule has 0 aromatic carbocycles. The van der Waals surface area contributed by atoms with Crippen LogP contribution in [0.1, 0.15) is 18.5 Å². The van der Waals surface area contributed by atoms with Gasteiger partial charge in [0, 0.05) is 25.4 Å². The van der Waals surface area contributed by atoms with Gasteiger partial charge in [-0.3, -0.25) is 0 Å². The molecule has 1 aliphatic rings. The van der Waals surface area contributed by atoms with Gasteiger partial charge in [-0.15, -0.1) is 0 Å². The molecular formula is C10H14ClN3. The van der Waals surface area contributed by atoms with Crippen LogP contribution in [0.3, 0.4) is 0 Å². The summed E-state index contributed by atoms with van der Waals surface area (Å²) in [6.45, 7) is 3.01. The molecule has 1 fully saturated rings. The standard InChI is InChI=1S/C10H14ClN3/c1-7-5-9(13-10(11)12-7)14(2)6-8-3-4-8/h5,8H,3-4,6H2,1-2H3. The molecule has 1 saturated carbocycles. The third-order valence-electron chi connectivity index (χ3n) is 2.43. The van der Waals surface area contributed by atoms with Gasteiger partial charge in [-0.05, 0) is 37.3 Å².